The summed E-state index contributed by atoms with van der Waals surface area (Å²) in [5, 5.41) is 6.22. The molecule has 5 heteroatoms. The Labute approximate surface area is 125 Å². The molecule has 2 saturated heterocycles. The highest BCUT2D eigenvalue weighted by Gasteiger charge is 2.27. The first-order valence-corrected chi connectivity index (χ1v) is 7.67. The lowest BCUT2D eigenvalue weighted by Crippen LogP contribution is -2.53. The molecule has 1 unspecified atom stereocenters. The molecule has 2 heterocycles. The molecule has 1 atom stereocenters. The Morgan fingerprint density at radius 2 is 2.14 bits per heavy atom. The fourth-order valence-corrected chi connectivity index (χ4v) is 2.70. The van der Waals surface area contributed by atoms with Gasteiger partial charge in [-0.15, -0.1) is 0 Å². The molecule has 0 radical (unpaired) electrons. The van der Waals surface area contributed by atoms with Crippen molar-refractivity contribution in [3.05, 3.63) is 35.9 Å². The number of hydrogen-bond acceptors (Lipinski definition) is 4. The summed E-state index contributed by atoms with van der Waals surface area (Å²) >= 11 is 0. The molecule has 1 aromatic carbocycles. The van der Waals surface area contributed by atoms with Crippen LogP contribution < -0.4 is 10.6 Å². The van der Waals surface area contributed by atoms with E-state index in [-0.39, 0.29) is 12.0 Å². The van der Waals surface area contributed by atoms with Gasteiger partial charge in [0.2, 0.25) is 5.91 Å². The quantitative estimate of drug-likeness (QED) is 0.814. The van der Waals surface area contributed by atoms with Crippen molar-refractivity contribution in [2.24, 2.45) is 5.92 Å². The minimum atomic E-state index is -0.338. The second-order valence-corrected chi connectivity index (χ2v) is 5.85. The first kappa shape index (κ1) is 14.5. The summed E-state index contributed by atoms with van der Waals surface area (Å²) in [4.78, 5) is 14.4. The molecule has 1 aromatic rings. The van der Waals surface area contributed by atoms with E-state index >= 15 is 0 Å². The lowest BCUT2D eigenvalue weighted by atomic mass is 10.0. The third-order valence-corrected chi connectivity index (χ3v) is 4.12. The van der Waals surface area contributed by atoms with E-state index in [1.807, 2.05) is 18.2 Å². The second-order valence-electron chi connectivity index (χ2n) is 5.85. The number of nitrogens with one attached hydrogen (secondary N) is 2. The van der Waals surface area contributed by atoms with Crippen molar-refractivity contribution in [3.63, 3.8) is 0 Å². The van der Waals surface area contributed by atoms with E-state index in [0.717, 1.165) is 32.7 Å². The highest BCUT2D eigenvalue weighted by Crippen LogP contribution is 2.11. The molecular weight excluding hydrogens is 266 g/mol. The fraction of sp³-hybridized carbons (Fsp3) is 0.562. The van der Waals surface area contributed by atoms with Crippen LogP contribution in [0, 0.1) is 5.92 Å². The minimum Gasteiger partial charge on any atom is -0.366 e. The molecule has 21 heavy (non-hydrogen) atoms. The number of carbonyl (C=O) groups excluding carboxylic acids is 1. The predicted molar refractivity (Wildman–Crippen MR) is 80.8 cm³/mol. The Morgan fingerprint density at radius 3 is 2.86 bits per heavy atom. The minimum absolute atomic E-state index is 0.0275. The maximum atomic E-state index is 12.2. The van der Waals surface area contributed by atoms with Crippen molar-refractivity contribution in [3.8, 4) is 0 Å². The summed E-state index contributed by atoms with van der Waals surface area (Å²) in [5.74, 6) is 0.609. The summed E-state index contributed by atoms with van der Waals surface area (Å²) in [6, 6.07) is 10.4. The van der Waals surface area contributed by atoms with Gasteiger partial charge in [0.15, 0.2) is 0 Å². The van der Waals surface area contributed by atoms with Gasteiger partial charge in [0.1, 0.15) is 6.10 Å². The van der Waals surface area contributed by atoms with E-state index in [2.05, 4.69) is 27.7 Å². The van der Waals surface area contributed by atoms with Gasteiger partial charge >= 0.3 is 0 Å². The highest BCUT2D eigenvalue weighted by atomic mass is 16.5. The molecule has 0 aliphatic carbocycles. The zero-order chi connectivity index (χ0) is 14.5. The van der Waals surface area contributed by atoms with E-state index in [1.165, 1.54) is 5.56 Å². The van der Waals surface area contributed by atoms with Crippen molar-refractivity contribution in [1.82, 2.24) is 15.5 Å². The van der Waals surface area contributed by atoms with Crippen LogP contribution in [0.3, 0.4) is 0 Å². The van der Waals surface area contributed by atoms with E-state index in [9.17, 15) is 4.79 Å². The smallest absolute Gasteiger partial charge is 0.250 e. The zero-order valence-corrected chi connectivity index (χ0v) is 12.3. The standard InChI is InChI=1S/C16H23N3O2/c20-16(18-10-14-8-17-9-14)15-12-19(6-7-21-15)11-13-4-2-1-3-5-13/h1-5,14-15,17H,6-12H2,(H,18,20). The van der Waals surface area contributed by atoms with Crippen LogP contribution in [-0.2, 0) is 16.1 Å². The summed E-state index contributed by atoms with van der Waals surface area (Å²) in [5.41, 5.74) is 1.28. The van der Waals surface area contributed by atoms with Gasteiger partial charge in [-0.2, -0.15) is 0 Å². The zero-order valence-electron chi connectivity index (χ0n) is 12.3. The number of morpholine rings is 1. The maximum Gasteiger partial charge on any atom is 0.250 e. The van der Waals surface area contributed by atoms with Crippen LogP contribution in [0.2, 0.25) is 0 Å². The Balaban J connectivity index is 1.46. The Kier molecular flexibility index (Phi) is 4.85. The molecule has 0 bridgehead atoms. The van der Waals surface area contributed by atoms with Crippen LogP contribution in [-0.4, -0.2) is 56.2 Å². The van der Waals surface area contributed by atoms with E-state index in [4.69, 9.17) is 4.74 Å². The monoisotopic (exact) mass is 289 g/mol. The number of ether oxygens (including phenoxy) is 1. The third-order valence-electron chi connectivity index (χ3n) is 4.12. The highest BCUT2D eigenvalue weighted by molar-refractivity contribution is 5.81. The Morgan fingerprint density at radius 1 is 1.33 bits per heavy atom. The van der Waals surface area contributed by atoms with Gasteiger partial charge in [0.05, 0.1) is 6.61 Å². The van der Waals surface area contributed by atoms with Gasteiger partial charge in [-0.05, 0) is 5.56 Å². The van der Waals surface area contributed by atoms with E-state index < -0.39 is 0 Å². The number of hydrogen-bond donors (Lipinski definition) is 2. The molecule has 2 aliphatic rings. The van der Waals surface area contributed by atoms with Crippen molar-refractivity contribution in [2.75, 3.05) is 39.3 Å². The van der Waals surface area contributed by atoms with Crippen LogP contribution in [0.1, 0.15) is 5.56 Å². The molecule has 1 amide bonds. The van der Waals surface area contributed by atoms with Gasteiger partial charge in [0.25, 0.3) is 0 Å². The molecule has 2 fully saturated rings. The van der Waals surface area contributed by atoms with Crippen LogP contribution in [0.5, 0.6) is 0 Å². The summed E-state index contributed by atoms with van der Waals surface area (Å²) in [6.07, 6.45) is -0.338. The van der Waals surface area contributed by atoms with Crippen LogP contribution in [0.4, 0.5) is 0 Å². The average Bonchev–Trinajstić information content (AvgIpc) is 2.47. The van der Waals surface area contributed by atoms with Gasteiger partial charge < -0.3 is 15.4 Å². The van der Waals surface area contributed by atoms with Gasteiger partial charge in [-0.3, -0.25) is 9.69 Å². The van der Waals surface area contributed by atoms with Gasteiger partial charge in [-0.25, -0.2) is 0 Å². The maximum absolute atomic E-state index is 12.2. The largest absolute Gasteiger partial charge is 0.366 e. The van der Waals surface area contributed by atoms with Crippen molar-refractivity contribution in [1.29, 1.82) is 0 Å². The molecule has 2 N–H and O–H groups in total. The molecule has 3 rings (SSSR count). The summed E-state index contributed by atoms with van der Waals surface area (Å²) in [6.45, 7) is 5.81. The third kappa shape index (κ3) is 4.03. The molecule has 0 aromatic heterocycles. The number of rotatable bonds is 5. The summed E-state index contributed by atoms with van der Waals surface area (Å²) in [7, 11) is 0. The Hall–Kier alpha value is -1.43. The number of benzene rings is 1. The fourth-order valence-electron chi connectivity index (χ4n) is 2.70. The first-order valence-electron chi connectivity index (χ1n) is 7.67. The van der Waals surface area contributed by atoms with Gasteiger partial charge in [0, 0.05) is 45.2 Å². The average molecular weight is 289 g/mol. The second kappa shape index (κ2) is 7.02. The first-order chi connectivity index (χ1) is 10.3. The number of carbonyl (C=O) groups is 1. The normalized spacial score (nSPS) is 23.5. The topological polar surface area (TPSA) is 53.6 Å². The molecule has 0 saturated carbocycles. The van der Waals surface area contributed by atoms with Crippen molar-refractivity contribution in [2.45, 2.75) is 12.6 Å². The molecule has 2 aliphatic heterocycles. The molecule has 114 valence electrons. The lowest BCUT2D eigenvalue weighted by Gasteiger charge is -2.33. The summed E-state index contributed by atoms with van der Waals surface area (Å²) < 4.78 is 5.62. The van der Waals surface area contributed by atoms with Crippen molar-refractivity contribution < 1.29 is 9.53 Å². The molecule has 5 nitrogen and oxygen atoms in total. The molecule has 0 spiro atoms. The predicted octanol–water partition coefficient (Wildman–Crippen LogP) is 0.223. The lowest BCUT2D eigenvalue weighted by molar-refractivity contribution is -0.139. The SMILES string of the molecule is O=C(NCC1CNC1)C1CN(Cc2ccccc2)CCO1. The van der Waals surface area contributed by atoms with Crippen LogP contribution >= 0.6 is 0 Å². The van der Waals surface area contributed by atoms with Crippen LogP contribution in [0.25, 0.3) is 0 Å². The number of nitrogens with zero attached hydrogens (tertiary/aromatic N) is 1. The Bertz CT molecular complexity index is 462. The van der Waals surface area contributed by atoms with Crippen molar-refractivity contribution >= 4 is 5.91 Å². The van der Waals surface area contributed by atoms with Crippen LogP contribution in [0.15, 0.2) is 30.3 Å². The van der Waals surface area contributed by atoms with Gasteiger partial charge in [-0.1, -0.05) is 30.3 Å². The molecular formula is C16H23N3O2. The number of amides is 1. The van der Waals surface area contributed by atoms with E-state index in [1.54, 1.807) is 0 Å². The van der Waals surface area contributed by atoms with E-state index in [0.29, 0.717) is 19.1 Å².